The first-order chi connectivity index (χ1) is 7.86. The van der Waals surface area contributed by atoms with Crippen LogP contribution in [-0.4, -0.2) is 36.6 Å². The van der Waals surface area contributed by atoms with Crippen molar-refractivity contribution in [2.75, 3.05) is 19.6 Å². The second kappa shape index (κ2) is 4.30. The Morgan fingerprint density at radius 2 is 1.88 bits per heavy atom. The molecule has 0 bridgehead atoms. The van der Waals surface area contributed by atoms with Gasteiger partial charge in [-0.3, -0.25) is 4.90 Å². The van der Waals surface area contributed by atoms with Crippen molar-refractivity contribution in [1.29, 1.82) is 0 Å². The van der Waals surface area contributed by atoms with Crippen molar-refractivity contribution in [3.05, 3.63) is 0 Å². The zero-order valence-corrected chi connectivity index (χ0v) is 10.7. The topological polar surface area (TPSA) is 15.3 Å². The van der Waals surface area contributed by atoms with Crippen LogP contribution in [0.15, 0.2) is 0 Å². The van der Waals surface area contributed by atoms with E-state index in [2.05, 4.69) is 17.1 Å². The van der Waals surface area contributed by atoms with Crippen molar-refractivity contribution in [2.45, 2.75) is 64.0 Å². The molecule has 2 heteroatoms. The molecular formula is C14H26N2. The summed E-state index contributed by atoms with van der Waals surface area (Å²) in [5, 5.41) is 3.43. The Labute approximate surface area is 99.8 Å². The Morgan fingerprint density at radius 3 is 2.31 bits per heavy atom. The van der Waals surface area contributed by atoms with Crippen LogP contribution < -0.4 is 5.32 Å². The van der Waals surface area contributed by atoms with Crippen LogP contribution in [0.1, 0.15) is 51.9 Å². The van der Waals surface area contributed by atoms with Crippen LogP contribution in [0.5, 0.6) is 0 Å². The summed E-state index contributed by atoms with van der Waals surface area (Å²) in [4.78, 5) is 2.82. The van der Waals surface area contributed by atoms with E-state index in [1.165, 1.54) is 64.6 Å². The fourth-order valence-electron chi connectivity index (χ4n) is 4.28. The molecule has 1 saturated heterocycles. The molecule has 0 aromatic rings. The highest BCUT2D eigenvalue weighted by Crippen LogP contribution is 2.54. The summed E-state index contributed by atoms with van der Waals surface area (Å²) in [5.74, 6) is 0. The van der Waals surface area contributed by atoms with Gasteiger partial charge in [0.05, 0.1) is 0 Å². The van der Waals surface area contributed by atoms with Crippen LogP contribution in [0.4, 0.5) is 0 Å². The lowest BCUT2D eigenvalue weighted by Gasteiger charge is -2.59. The Morgan fingerprint density at radius 1 is 1.12 bits per heavy atom. The van der Waals surface area contributed by atoms with Gasteiger partial charge in [0, 0.05) is 25.2 Å². The molecule has 92 valence electrons. The fraction of sp³-hybridized carbons (Fsp3) is 1.00. The minimum absolute atomic E-state index is 0.754. The molecule has 1 N–H and O–H groups in total. The molecule has 2 aliphatic carbocycles. The van der Waals surface area contributed by atoms with Gasteiger partial charge in [-0.25, -0.2) is 0 Å². The average molecular weight is 222 g/mol. The van der Waals surface area contributed by atoms with Crippen molar-refractivity contribution >= 4 is 0 Å². The predicted molar refractivity (Wildman–Crippen MR) is 67.6 cm³/mol. The van der Waals surface area contributed by atoms with Crippen LogP contribution in [0.2, 0.25) is 0 Å². The third kappa shape index (κ3) is 1.62. The van der Waals surface area contributed by atoms with Gasteiger partial charge in [-0.15, -0.1) is 0 Å². The minimum atomic E-state index is 0.754. The van der Waals surface area contributed by atoms with Crippen LogP contribution in [0.25, 0.3) is 0 Å². The highest BCUT2D eigenvalue weighted by atomic mass is 15.3. The normalized spacial score (nSPS) is 33.8. The molecule has 1 spiro atoms. The van der Waals surface area contributed by atoms with Crippen molar-refractivity contribution in [1.82, 2.24) is 10.2 Å². The molecule has 1 aliphatic heterocycles. The van der Waals surface area contributed by atoms with E-state index in [1.54, 1.807) is 0 Å². The molecule has 0 amide bonds. The summed E-state index contributed by atoms with van der Waals surface area (Å²) in [6.07, 6.45) is 10.5. The Balaban J connectivity index is 1.68. The lowest BCUT2D eigenvalue weighted by atomic mass is 9.56. The number of nitrogens with one attached hydrogen (secondary N) is 1. The lowest BCUT2D eigenvalue weighted by molar-refractivity contribution is -0.0765. The molecule has 3 aliphatic rings. The fourth-order valence-corrected chi connectivity index (χ4v) is 4.28. The predicted octanol–water partition coefficient (Wildman–Crippen LogP) is 2.39. The Kier molecular flexibility index (Phi) is 2.97. The van der Waals surface area contributed by atoms with Crippen LogP contribution >= 0.6 is 0 Å². The zero-order chi connectivity index (χ0) is 11.0. The molecule has 3 rings (SSSR count). The maximum Gasteiger partial charge on any atom is 0.0348 e. The first-order valence-corrected chi connectivity index (χ1v) is 7.32. The maximum absolute atomic E-state index is 3.43. The second-order valence-corrected chi connectivity index (χ2v) is 6.12. The molecule has 16 heavy (non-hydrogen) atoms. The van der Waals surface area contributed by atoms with Gasteiger partial charge >= 0.3 is 0 Å². The van der Waals surface area contributed by atoms with Gasteiger partial charge in [0.2, 0.25) is 0 Å². The van der Waals surface area contributed by atoms with Gasteiger partial charge in [-0.2, -0.15) is 0 Å². The van der Waals surface area contributed by atoms with E-state index >= 15 is 0 Å². The third-order valence-corrected chi connectivity index (χ3v) is 5.47. The number of rotatable bonds is 3. The number of hydrogen-bond acceptors (Lipinski definition) is 2. The SMILES string of the molecule is CCN(C1CNC1)C1CCC12CCCCC2. The van der Waals surface area contributed by atoms with Crippen LogP contribution in [0.3, 0.4) is 0 Å². The molecule has 3 fully saturated rings. The first kappa shape index (κ1) is 11.0. The third-order valence-electron chi connectivity index (χ3n) is 5.47. The Bertz CT molecular complexity index is 241. The highest BCUT2D eigenvalue weighted by molar-refractivity contribution is 5.05. The molecule has 0 aromatic carbocycles. The van der Waals surface area contributed by atoms with E-state index < -0.39 is 0 Å². The molecule has 2 nitrogen and oxygen atoms in total. The zero-order valence-electron chi connectivity index (χ0n) is 10.7. The summed E-state index contributed by atoms with van der Waals surface area (Å²) in [6, 6.07) is 1.79. The summed E-state index contributed by atoms with van der Waals surface area (Å²) >= 11 is 0. The van der Waals surface area contributed by atoms with Crippen molar-refractivity contribution in [3.8, 4) is 0 Å². The summed E-state index contributed by atoms with van der Waals surface area (Å²) in [5.41, 5.74) is 0.754. The van der Waals surface area contributed by atoms with Gasteiger partial charge in [0.25, 0.3) is 0 Å². The average Bonchev–Trinajstić information content (AvgIpc) is 2.25. The van der Waals surface area contributed by atoms with Gasteiger partial charge in [0.1, 0.15) is 0 Å². The van der Waals surface area contributed by atoms with Gasteiger partial charge < -0.3 is 5.32 Å². The minimum Gasteiger partial charge on any atom is -0.314 e. The highest BCUT2D eigenvalue weighted by Gasteiger charge is 2.50. The van der Waals surface area contributed by atoms with E-state index in [4.69, 9.17) is 0 Å². The van der Waals surface area contributed by atoms with E-state index in [-0.39, 0.29) is 0 Å². The van der Waals surface area contributed by atoms with E-state index in [0.29, 0.717) is 0 Å². The van der Waals surface area contributed by atoms with Gasteiger partial charge in [-0.05, 0) is 37.6 Å². The van der Waals surface area contributed by atoms with Crippen LogP contribution in [0, 0.1) is 5.41 Å². The lowest BCUT2D eigenvalue weighted by Crippen LogP contribution is -2.66. The van der Waals surface area contributed by atoms with Gasteiger partial charge in [-0.1, -0.05) is 26.2 Å². The molecule has 2 saturated carbocycles. The van der Waals surface area contributed by atoms with Crippen molar-refractivity contribution in [2.24, 2.45) is 5.41 Å². The second-order valence-electron chi connectivity index (χ2n) is 6.12. The van der Waals surface area contributed by atoms with Gasteiger partial charge in [0.15, 0.2) is 0 Å². The van der Waals surface area contributed by atoms with E-state index in [9.17, 15) is 0 Å². The Hall–Kier alpha value is -0.0800. The number of likely N-dealkylation sites (N-methyl/N-ethyl adjacent to an activating group) is 1. The van der Waals surface area contributed by atoms with E-state index in [0.717, 1.165) is 17.5 Å². The largest absolute Gasteiger partial charge is 0.314 e. The van der Waals surface area contributed by atoms with E-state index in [1.807, 2.05) is 0 Å². The standard InChI is InChI=1S/C14H26N2/c1-2-16(12-10-15-11-12)13-6-9-14(13)7-4-3-5-8-14/h12-13,15H,2-11H2,1H3. The summed E-state index contributed by atoms with van der Waals surface area (Å²) in [7, 11) is 0. The smallest absolute Gasteiger partial charge is 0.0348 e. The molecule has 0 aromatic heterocycles. The van der Waals surface area contributed by atoms with Crippen molar-refractivity contribution < 1.29 is 0 Å². The number of nitrogens with zero attached hydrogens (tertiary/aromatic N) is 1. The van der Waals surface area contributed by atoms with Crippen LogP contribution in [-0.2, 0) is 0 Å². The summed E-state index contributed by atoms with van der Waals surface area (Å²) in [6.45, 7) is 6.09. The summed E-state index contributed by atoms with van der Waals surface area (Å²) < 4.78 is 0. The quantitative estimate of drug-likeness (QED) is 0.789. The molecule has 1 heterocycles. The first-order valence-electron chi connectivity index (χ1n) is 7.32. The van der Waals surface area contributed by atoms with Crippen molar-refractivity contribution in [3.63, 3.8) is 0 Å². The monoisotopic (exact) mass is 222 g/mol. The molecule has 1 unspecified atom stereocenters. The number of hydrogen-bond donors (Lipinski definition) is 1. The maximum atomic E-state index is 3.43. The molecule has 0 radical (unpaired) electrons. The molecular weight excluding hydrogens is 196 g/mol. The molecule has 1 atom stereocenters.